The molecule has 0 unspecified atom stereocenters. The Hall–Kier alpha value is -2.43. The number of rotatable bonds is 5. The number of carboxylic acid groups (broad SMARTS) is 1. The summed E-state index contributed by atoms with van der Waals surface area (Å²) in [5, 5.41) is 11.9. The number of aromatic nitrogens is 1. The summed E-state index contributed by atoms with van der Waals surface area (Å²) in [6, 6.07) is 9.86. The third-order valence-electron chi connectivity index (χ3n) is 3.02. The van der Waals surface area contributed by atoms with Crippen molar-refractivity contribution in [1.29, 1.82) is 0 Å². The van der Waals surface area contributed by atoms with E-state index in [4.69, 9.17) is 5.11 Å². The number of nitrogens with zero attached hydrogens (tertiary/aromatic N) is 1. The van der Waals surface area contributed by atoms with Gasteiger partial charge in [-0.2, -0.15) is 0 Å². The predicted molar refractivity (Wildman–Crippen MR) is 75.4 cm³/mol. The highest BCUT2D eigenvalue weighted by molar-refractivity contribution is 5.82. The van der Waals surface area contributed by atoms with Crippen LogP contribution in [0.25, 0.3) is 10.9 Å². The maximum Gasteiger partial charge on any atom is 0.322 e. The number of amides is 1. The zero-order valence-electron chi connectivity index (χ0n) is 11.2. The zero-order chi connectivity index (χ0) is 14.5. The lowest BCUT2D eigenvalue weighted by molar-refractivity contribution is -0.137. The molecule has 0 aliphatic heterocycles. The van der Waals surface area contributed by atoms with Crippen molar-refractivity contribution in [2.45, 2.75) is 19.8 Å². The third kappa shape index (κ3) is 3.54. The molecule has 0 radical (unpaired) electrons. The van der Waals surface area contributed by atoms with Crippen LogP contribution in [0.5, 0.6) is 0 Å². The molecule has 0 saturated carbocycles. The molecule has 104 valence electrons. The molecule has 0 bridgehead atoms. The molecule has 5 nitrogen and oxygen atoms in total. The molecule has 0 atom stereocenters. The van der Waals surface area contributed by atoms with Gasteiger partial charge in [-0.3, -0.25) is 14.6 Å². The smallest absolute Gasteiger partial charge is 0.322 e. The molecule has 0 aliphatic carbocycles. The van der Waals surface area contributed by atoms with Crippen molar-refractivity contribution in [2.24, 2.45) is 0 Å². The highest BCUT2D eigenvalue weighted by atomic mass is 16.4. The van der Waals surface area contributed by atoms with Crippen LogP contribution in [0.2, 0.25) is 0 Å². The lowest BCUT2D eigenvalue weighted by Gasteiger charge is -2.05. The molecule has 0 fully saturated rings. The minimum atomic E-state index is -1.04. The number of aryl methyl sites for hydroxylation is 2. The number of carbonyl (C=O) groups is 2. The average Bonchev–Trinajstić information content (AvgIpc) is 2.43. The third-order valence-corrected chi connectivity index (χ3v) is 3.02. The minimum absolute atomic E-state index is 0.234. The van der Waals surface area contributed by atoms with E-state index < -0.39 is 5.97 Å². The molecular formula is C15H16N2O3. The van der Waals surface area contributed by atoms with E-state index in [0.717, 1.165) is 22.2 Å². The number of hydrogen-bond donors (Lipinski definition) is 2. The van der Waals surface area contributed by atoms with Gasteiger partial charge < -0.3 is 10.4 Å². The molecule has 2 N–H and O–H groups in total. The maximum absolute atomic E-state index is 11.4. The van der Waals surface area contributed by atoms with Gasteiger partial charge in [0.25, 0.3) is 0 Å². The summed E-state index contributed by atoms with van der Waals surface area (Å²) < 4.78 is 0. The first-order valence-electron chi connectivity index (χ1n) is 6.40. The Balaban J connectivity index is 2.01. The normalized spacial score (nSPS) is 10.4. The average molecular weight is 272 g/mol. The number of carboxylic acids is 1. The highest BCUT2D eigenvalue weighted by Crippen LogP contribution is 2.16. The summed E-state index contributed by atoms with van der Waals surface area (Å²) in [6.07, 6.45) is 0.730. The van der Waals surface area contributed by atoms with Crippen molar-refractivity contribution in [3.05, 3.63) is 41.6 Å². The maximum atomic E-state index is 11.4. The molecule has 0 aliphatic rings. The summed E-state index contributed by atoms with van der Waals surface area (Å²) in [6.45, 7) is 1.65. The van der Waals surface area contributed by atoms with E-state index in [9.17, 15) is 9.59 Å². The summed E-state index contributed by atoms with van der Waals surface area (Å²) >= 11 is 0. The minimum Gasteiger partial charge on any atom is -0.480 e. The van der Waals surface area contributed by atoms with E-state index in [-0.39, 0.29) is 18.9 Å². The monoisotopic (exact) mass is 272 g/mol. The van der Waals surface area contributed by atoms with Gasteiger partial charge in [0.05, 0.1) is 5.52 Å². The van der Waals surface area contributed by atoms with Crippen molar-refractivity contribution in [3.8, 4) is 0 Å². The van der Waals surface area contributed by atoms with Crippen LogP contribution < -0.4 is 5.32 Å². The van der Waals surface area contributed by atoms with E-state index in [0.29, 0.717) is 6.42 Å². The second-order valence-corrected chi connectivity index (χ2v) is 4.62. The number of pyridine rings is 1. The lowest BCUT2D eigenvalue weighted by atomic mass is 10.1. The summed E-state index contributed by atoms with van der Waals surface area (Å²) in [5.41, 5.74) is 2.87. The predicted octanol–water partition coefficient (Wildman–Crippen LogP) is 1.68. The van der Waals surface area contributed by atoms with Crippen LogP contribution >= 0.6 is 0 Å². The zero-order valence-corrected chi connectivity index (χ0v) is 11.2. The van der Waals surface area contributed by atoms with Gasteiger partial charge >= 0.3 is 5.97 Å². The number of carbonyl (C=O) groups excluding carboxylic acids is 1. The Labute approximate surface area is 116 Å². The van der Waals surface area contributed by atoms with Crippen molar-refractivity contribution >= 4 is 22.8 Å². The molecule has 1 aromatic heterocycles. The van der Waals surface area contributed by atoms with Gasteiger partial charge in [0.15, 0.2) is 0 Å². The molecule has 1 amide bonds. The van der Waals surface area contributed by atoms with Gasteiger partial charge in [-0.15, -0.1) is 0 Å². The molecule has 2 aromatic rings. The van der Waals surface area contributed by atoms with Crippen molar-refractivity contribution in [3.63, 3.8) is 0 Å². The number of hydrogen-bond acceptors (Lipinski definition) is 3. The largest absolute Gasteiger partial charge is 0.480 e. The summed E-state index contributed by atoms with van der Waals surface area (Å²) in [5.74, 6) is -1.32. The van der Waals surface area contributed by atoms with E-state index in [2.05, 4.69) is 10.3 Å². The molecule has 0 spiro atoms. The van der Waals surface area contributed by atoms with Gasteiger partial charge in [-0.1, -0.05) is 24.3 Å². The molecule has 5 heteroatoms. The number of fused-ring (bicyclic) bond motifs is 1. The number of nitrogens with one attached hydrogen (secondary N) is 1. The van der Waals surface area contributed by atoms with E-state index in [1.165, 1.54) is 0 Å². The Morgan fingerprint density at radius 2 is 2.05 bits per heavy atom. The molecule has 2 rings (SSSR count). The van der Waals surface area contributed by atoms with Gasteiger partial charge in [0, 0.05) is 17.5 Å². The van der Waals surface area contributed by atoms with Crippen LogP contribution in [0.15, 0.2) is 30.3 Å². The Morgan fingerprint density at radius 1 is 1.25 bits per heavy atom. The van der Waals surface area contributed by atoms with Crippen molar-refractivity contribution in [1.82, 2.24) is 10.3 Å². The fourth-order valence-electron chi connectivity index (χ4n) is 1.98. The van der Waals surface area contributed by atoms with Crippen molar-refractivity contribution < 1.29 is 14.7 Å². The van der Waals surface area contributed by atoms with Crippen LogP contribution in [-0.2, 0) is 16.0 Å². The van der Waals surface area contributed by atoms with E-state index in [1.807, 2.05) is 37.3 Å². The molecule has 1 heterocycles. The fraction of sp³-hybridized carbons (Fsp3) is 0.267. The standard InChI is InChI=1S/C15H16N2O3/c1-10-3-2-4-11-5-6-12(17-15(10)11)7-8-13(18)16-9-14(19)20/h2-6H,7-9H2,1H3,(H,16,18)(H,19,20). The van der Waals surface area contributed by atoms with E-state index >= 15 is 0 Å². The molecule has 0 saturated heterocycles. The first kappa shape index (κ1) is 14.0. The first-order chi connectivity index (χ1) is 9.56. The second-order valence-electron chi connectivity index (χ2n) is 4.62. The SMILES string of the molecule is Cc1cccc2ccc(CCC(=O)NCC(=O)O)nc12. The van der Waals surface area contributed by atoms with Crippen LogP contribution in [0.1, 0.15) is 17.7 Å². The Bertz CT molecular complexity index is 653. The molecule has 20 heavy (non-hydrogen) atoms. The highest BCUT2D eigenvalue weighted by Gasteiger charge is 2.06. The topological polar surface area (TPSA) is 79.3 Å². The second kappa shape index (κ2) is 6.14. The Kier molecular flexibility index (Phi) is 4.30. The number of benzene rings is 1. The van der Waals surface area contributed by atoms with Crippen LogP contribution in [-0.4, -0.2) is 28.5 Å². The van der Waals surface area contributed by atoms with Crippen LogP contribution in [0.4, 0.5) is 0 Å². The van der Waals surface area contributed by atoms with Gasteiger partial charge in [0.1, 0.15) is 6.54 Å². The lowest BCUT2D eigenvalue weighted by Crippen LogP contribution is -2.29. The van der Waals surface area contributed by atoms with Gasteiger partial charge in [-0.25, -0.2) is 0 Å². The van der Waals surface area contributed by atoms with Crippen LogP contribution in [0, 0.1) is 6.92 Å². The van der Waals surface area contributed by atoms with Crippen molar-refractivity contribution in [2.75, 3.05) is 6.54 Å². The first-order valence-corrected chi connectivity index (χ1v) is 6.40. The molecule has 1 aromatic carbocycles. The van der Waals surface area contributed by atoms with E-state index in [1.54, 1.807) is 0 Å². The summed E-state index contributed by atoms with van der Waals surface area (Å²) in [7, 11) is 0. The van der Waals surface area contributed by atoms with Gasteiger partial charge in [-0.05, 0) is 25.0 Å². The van der Waals surface area contributed by atoms with Gasteiger partial charge in [0.2, 0.25) is 5.91 Å². The quantitative estimate of drug-likeness (QED) is 0.868. The Morgan fingerprint density at radius 3 is 2.80 bits per heavy atom. The number of aliphatic carboxylic acids is 1. The molecular weight excluding hydrogens is 256 g/mol. The number of para-hydroxylation sites is 1. The van der Waals surface area contributed by atoms with Crippen LogP contribution in [0.3, 0.4) is 0 Å². The summed E-state index contributed by atoms with van der Waals surface area (Å²) in [4.78, 5) is 26.3. The fourth-order valence-corrected chi connectivity index (χ4v) is 1.98.